The van der Waals surface area contributed by atoms with E-state index < -0.39 is 11.2 Å². The van der Waals surface area contributed by atoms with Gasteiger partial charge in [-0.05, 0) is 50.2 Å². The molecule has 9 heteroatoms. The minimum absolute atomic E-state index is 0.00638. The second-order valence-corrected chi connectivity index (χ2v) is 11.5. The summed E-state index contributed by atoms with van der Waals surface area (Å²) < 4.78 is 29.5. The molecular formula is C33H35FN4O4. The zero-order valence-corrected chi connectivity index (χ0v) is 23.8. The molecule has 4 heterocycles. The van der Waals surface area contributed by atoms with Crippen LogP contribution < -0.4 is 15.5 Å². The summed E-state index contributed by atoms with van der Waals surface area (Å²) in [7, 11) is 0. The van der Waals surface area contributed by atoms with Gasteiger partial charge in [-0.2, -0.15) is 0 Å². The Kier molecular flexibility index (Phi) is 7.07. The van der Waals surface area contributed by atoms with Gasteiger partial charge in [-0.3, -0.25) is 9.59 Å². The third-order valence-corrected chi connectivity index (χ3v) is 8.91. The Bertz CT molecular complexity index is 1750. The van der Waals surface area contributed by atoms with E-state index in [1.807, 2.05) is 41.0 Å². The Morgan fingerprint density at radius 1 is 1.07 bits per heavy atom. The number of carbonyl (C=O) groups is 1. The summed E-state index contributed by atoms with van der Waals surface area (Å²) >= 11 is 0. The number of hydrogen-bond acceptors (Lipinski definition) is 6. The smallest absolute Gasteiger partial charge is 0.259 e. The van der Waals surface area contributed by atoms with Crippen LogP contribution in [0, 0.1) is 5.82 Å². The molecule has 218 valence electrons. The van der Waals surface area contributed by atoms with Crippen LogP contribution in [0.2, 0.25) is 0 Å². The first kappa shape index (κ1) is 26.9. The van der Waals surface area contributed by atoms with Crippen LogP contribution in [0.5, 0.6) is 11.5 Å². The molecule has 1 aromatic heterocycles. The number of amides is 1. The number of ether oxygens (including phenoxy) is 2. The fourth-order valence-electron chi connectivity index (χ4n) is 6.62. The van der Waals surface area contributed by atoms with Gasteiger partial charge in [0, 0.05) is 43.8 Å². The molecule has 3 aromatic carbocycles. The van der Waals surface area contributed by atoms with Crippen molar-refractivity contribution in [1.29, 1.82) is 0 Å². The lowest BCUT2D eigenvalue weighted by atomic mass is 10.0. The topological polar surface area (TPSA) is 76.0 Å². The van der Waals surface area contributed by atoms with Crippen LogP contribution in [0.4, 0.5) is 10.1 Å². The van der Waals surface area contributed by atoms with E-state index in [9.17, 15) is 9.59 Å². The highest BCUT2D eigenvalue weighted by molar-refractivity contribution is 6.04. The molecule has 3 aliphatic heterocycles. The quantitative estimate of drug-likeness (QED) is 0.270. The van der Waals surface area contributed by atoms with Gasteiger partial charge in [-0.1, -0.05) is 36.8 Å². The number of nitrogens with one attached hydrogen (secondary N) is 1. The van der Waals surface area contributed by atoms with Crippen LogP contribution >= 0.6 is 0 Å². The van der Waals surface area contributed by atoms with E-state index in [-0.39, 0.29) is 28.3 Å². The number of aromatic nitrogens is 1. The Morgan fingerprint density at radius 2 is 1.90 bits per heavy atom. The molecule has 2 fully saturated rings. The summed E-state index contributed by atoms with van der Waals surface area (Å²) in [6, 6.07) is 13.5. The largest absolute Gasteiger partial charge is 0.451 e. The molecule has 8 nitrogen and oxygen atoms in total. The van der Waals surface area contributed by atoms with Crippen molar-refractivity contribution in [2.75, 3.05) is 51.3 Å². The number of hydrogen-bond donors (Lipinski definition) is 1. The van der Waals surface area contributed by atoms with Crippen molar-refractivity contribution < 1.29 is 18.7 Å². The second-order valence-electron chi connectivity index (χ2n) is 11.5. The zero-order chi connectivity index (χ0) is 28.8. The van der Waals surface area contributed by atoms with Gasteiger partial charge >= 0.3 is 0 Å². The van der Waals surface area contributed by atoms with E-state index in [0.717, 1.165) is 36.0 Å². The Balaban J connectivity index is 1.33. The zero-order valence-electron chi connectivity index (χ0n) is 23.8. The van der Waals surface area contributed by atoms with Gasteiger partial charge in [0.05, 0.1) is 24.3 Å². The van der Waals surface area contributed by atoms with E-state index in [1.165, 1.54) is 25.3 Å². The van der Waals surface area contributed by atoms with Crippen LogP contribution in [-0.2, 0) is 4.74 Å². The summed E-state index contributed by atoms with van der Waals surface area (Å²) in [6.45, 7) is 6.50. The predicted octanol–water partition coefficient (Wildman–Crippen LogP) is 5.54. The van der Waals surface area contributed by atoms with E-state index in [1.54, 1.807) is 11.1 Å². The molecule has 1 N–H and O–H groups in total. The number of morpholine rings is 1. The molecule has 42 heavy (non-hydrogen) atoms. The lowest BCUT2D eigenvalue weighted by molar-refractivity contribution is 0.0302. The molecule has 1 amide bonds. The molecule has 0 aliphatic carbocycles. The second kappa shape index (κ2) is 11.0. The first-order valence-corrected chi connectivity index (χ1v) is 15.0. The fraction of sp³-hybridized carbons (Fsp3) is 0.394. The summed E-state index contributed by atoms with van der Waals surface area (Å²) in [5, 5.41) is 5.30. The van der Waals surface area contributed by atoms with Crippen LogP contribution in [0.15, 0.2) is 53.5 Å². The number of carbonyl (C=O) groups excluding carboxylic acids is 1. The molecule has 2 saturated heterocycles. The average Bonchev–Trinajstić information content (AvgIpc) is 3.02. The van der Waals surface area contributed by atoms with E-state index in [0.29, 0.717) is 50.2 Å². The Hall–Kier alpha value is -3.95. The minimum Gasteiger partial charge on any atom is -0.451 e. The molecule has 4 aromatic rings. The van der Waals surface area contributed by atoms with Gasteiger partial charge in [-0.15, -0.1) is 0 Å². The van der Waals surface area contributed by atoms with Crippen LogP contribution in [0.3, 0.4) is 0 Å². The maximum atomic E-state index is 15.9. The van der Waals surface area contributed by atoms with Gasteiger partial charge in [-0.25, -0.2) is 4.39 Å². The van der Waals surface area contributed by atoms with E-state index in [2.05, 4.69) is 17.1 Å². The Labute approximate surface area is 243 Å². The maximum Gasteiger partial charge on any atom is 0.259 e. The van der Waals surface area contributed by atoms with E-state index >= 15 is 4.39 Å². The molecule has 0 saturated carbocycles. The Morgan fingerprint density at radius 3 is 2.74 bits per heavy atom. The molecule has 3 aliphatic rings. The number of fused-ring (bicyclic) bond motifs is 4. The number of likely N-dealkylation sites (tertiary alicyclic amines) is 1. The highest BCUT2D eigenvalue weighted by Gasteiger charge is 2.31. The lowest BCUT2D eigenvalue weighted by Gasteiger charge is -2.33. The molecule has 1 atom stereocenters. The van der Waals surface area contributed by atoms with Crippen LogP contribution in [-0.4, -0.2) is 72.3 Å². The summed E-state index contributed by atoms with van der Waals surface area (Å²) in [4.78, 5) is 31.5. The van der Waals surface area contributed by atoms with E-state index in [4.69, 9.17) is 9.47 Å². The van der Waals surface area contributed by atoms with Gasteiger partial charge in [0.2, 0.25) is 5.43 Å². The SMILES string of the molecule is CC1CCCCN1CCCNc1c(F)cc2c(=O)c(C(=O)N3CCOCC3)cn3c2c1Oc1ccc2ccccc2c1-3. The molecule has 0 spiro atoms. The van der Waals surface area contributed by atoms with Crippen molar-refractivity contribution >= 4 is 33.3 Å². The van der Waals surface area contributed by atoms with Gasteiger partial charge in [0.1, 0.15) is 16.8 Å². The minimum atomic E-state index is -0.576. The predicted molar refractivity (Wildman–Crippen MR) is 162 cm³/mol. The standard InChI is InChI=1S/C33H35FN4O4/c1-21-7-4-5-13-36(21)14-6-12-35-28-26(34)19-24-30-32(28)42-27-11-10-22-8-2-3-9-23(22)29(27)38(30)20-25(31(24)39)33(40)37-15-17-41-18-16-37/h2-3,8-11,19-21,35H,4-7,12-18H2,1H3. The summed E-state index contributed by atoms with van der Waals surface area (Å²) in [6.07, 6.45) is 6.17. The molecule has 1 unspecified atom stereocenters. The number of anilines is 1. The normalized spacial score (nSPS) is 18.6. The molecule has 7 rings (SSSR count). The highest BCUT2D eigenvalue weighted by atomic mass is 19.1. The van der Waals surface area contributed by atoms with Gasteiger partial charge in [0.25, 0.3) is 5.91 Å². The van der Waals surface area contributed by atoms with Crippen molar-refractivity contribution in [2.24, 2.45) is 0 Å². The highest BCUT2D eigenvalue weighted by Crippen LogP contribution is 2.47. The third kappa shape index (κ3) is 4.61. The summed E-state index contributed by atoms with van der Waals surface area (Å²) in [5.74, 6) is -0.153. The summed E-state index contributed by atoms with van der Waals surface area (Å²) in [5.41, 5.74) is 0.908. The number of piperidine rings is 1. The number of halogens is 1. The third-order valence-electron chi connectivity index (χ3n) is 8.91. The monoisotopic (exact) mass is 570 g/mol. The average molecular weight is 571 g/mol. The number of rotatable bonds is 6. The molecular weight excluding hydrogens is 535 g/mol. The van der Waals surface area contributed by atoms with Crippen molar-refractivity contribution in [2.45, 2.75) is 38.6 Å². The number of nitrogens with zero attached hydrogens (tertiary/aromatic N) is 3. The molecule has 0 radical (unpaired) electrons. The van der Waals surface area contributed by atoms with Gasteiger partial charge in [0.15, 0.2) is 17.3 Å². The lowest BCUT2D eigenvalue weighted by Crippen LogP contribution is -2.42. The number of benzene rings is 3. The van der Waals surface area contributed by atoms with Crippen molar-refractivity contribution in [3.05, 3.63) is 70.3 Å². The van der Waals surface area contributed by atoms with Crippen LogP contribution in [0.25, 0.3) is 27.4 Å². The number of pyridine rings is 1. The van der Waals surface area contributed by atoms with Crippen molar-refractivity contribution in [3.63, 3.8) is 0 Å². The first-order valence-electron chi connectivity index (χ1n) is 15.0. The van der Waals surface area contributed by atoms with Crippen molar-refractivity contribution in [1.82, 2.24) is 14.4 Å². The van der Waals surface area contributed by atoms with Crippen LogP contribution in [0.1, 0.15) is 43.0 Å². The first-order chi connectivity index (χ1) is 20.5. The van der Waals surface area contributed by atoms with Gasteiger partial charge < -0.3 is 29.2 Å². The maximum absolute atomic E-state index is 15.9. The fourth-order valence-corrected chi connectivity index (χ4v) is 6.62. The molecule has 0 bridgehead atoms. The van der Waals surface area contributed by atoms with Crippen molar-refractivity contribution in [3.8, 4) is 17.2 Å².